The number of hydrogen-bond donors (Lipinski definition) is 1. The number of hydrazine groups is 1. The van der Waals surface area contributed by atoms with E-state index in [1.54, 1.807) is 30.3 Å². The predicted molar refractivity (Wildman–Crippen MR) is 121 cm³/mol. The summed E-state index contributed by atoms with van der Waals surface area (Å²) in [5.74, 6) is -0.121. The highest BCUT2D eigenvalue weighted by molar-refractivity contribution is 8.26. The second kappa shape index (κ2) is 9.91. The van der Waals surface area contributed by atoms with Crippen LogP contribution in [0.4, 0.5) is 0 Å². The third-order valence-electron chi connectivity index (χ3n) is 4.07. The van der Waals surface area contributed by atoms with E-state index in [4.69, 9.17) is 28.6 Å². The number of carbonyl (C=O) groups is 2. The van der Waals surface area contributed by atoms with Gasteiger partial charge in [0, 0.05) is 16.1 Å². The van der Waals surface area contributed by atoms with Gasteiger partial charge in [0.15, 0.2) is 4.32 Å². The second-order valence-electron chi connectivity index (χ2n) is 6.20. The van der Waals surface area contributed by atoms with Crippen LogP contribution < -0.4 is 10.2 Å². The standard InChI is InChI=1S/C21H19ClN2O3S2/c1-2-3-12-27-17-7-5-4-6-15(17)13-18-20(26)24(21(28)29-18)23-19(25)14-8-10-16(22)11-9-14/h4-11,13H,2-3,12H2,1H3,(H,23,25)/b18-13+. The number of ether oxygens (including phenoxy) is 1. The van der Waals surface area contributed by atoms with Crippen LogP contribution in [0.2, 0.25) is 5.02 Å². The number of halogens is 1. The molecule has 0 saturated carbocycles. The first-order chi connectivity index (χ1) is 14.0. The van der Waals surface area contributed by atoms with Gasteiger partial charge in [-0.2, -0.15) is 5.01 Å². The Bertz CT molecular complexity index is 961. The van der Waals surface area contributed by atoms with Crippen LogP contribution in [0.1, 0.15) is 35.7 Å². The summed E-state index contributed by atoms with van der Waals surface area (Å²) >= 11 is 12.3. The van der Waals surface area contributed by atoms with Crippen molar-refractivity contribution in [2.75, 3.05) is 6.61 Å². The van der Waals surface area contributed by atoms with Crippen molar-refractivity contribution in [3.8, 4) is 5.75 Å². The molecule has 1 saturated heterocycles. The molecule has 0 bridgehead atoms. The van der Waals surface area contributed by atoms with Crippen LogP contribution in [0.5, 0.6) is 5.75 Å². The van der Waals surface area contributed by atoms with Crippen molar-refractivity contribution >= 4 is 57.8 Å². The summed E-state index contributed by atoms with van der Waals surface area (Å²) in [6, 6.07) is 13.9. The van der Waals surface area contributed by atoms with E-state index in [0.717, 1.165) is 35.2 Å². The molecule has 0 aromatic heterocycles. The van der Waals surface area contributed by atoms with E-state index in [9.17, 15) is 9.59 Å². The minimum absolute atomic E-state index is 0.257. The Hall–Kier alpha value is -2.35. The smallest absolute Gasteiger partial charge is 0.285 e. The Labute approximate surface area is 184 Å². The molecular formula is C21H19ClN2O3S2. The van der Waals surface area contributed by atoms with Gasteiger partial charge in [-0.3, -0.25) is 15.0 Å². The highest BCUT2D eigenvalue weighted by Crippen LogP contribution is 2.33. The van der Waals surface area contributed by atoms with Crippen molar-refractivity contribution < 1.29 is 14.3 Å². The molecule has 0 aliphatic carbocycles. The molecule has 1 aliphatic rings. The summed E-state index contributed by atoms with van der Waals surface area (Å²) < 4.78 is 6.07. The normalized spacial score (nSPS) is 15.1. The lowest BCUT2D eigenvalue weighted by molar-refractivity contribution is -0.123. The minimum atomic E-state index is -0.442. The zero-order chi connectivity index (χ0) is 20.8. The highest BCUT2D eigenvalue weighted by Gasteiger charge is 2.34. The molecule has 8 heteroatoms. The van der Waals surface area contributed by atoms with E-state index < -0.39 is 5.91 Å². The van der Waals surface area contributed by atoms with Crippen molar-refractivity contribution in [1.29, 1.82) is 0 Å². The van der Waals surface area contributed by atoms with E-state index in [-0.39, 0.29) is 10.2 Å². The fourth-order valence-electron chi connectivity index (χ4n) is 2.53. The summed E-state index contributed by atoms with van der Waals surface area (Å²) in [6.07, 6.45) is 3.72. The van der Waals surface area contributed by atoms with Gasteiger partial charge in [-0.15, -0.1) is 0 Å². The average molecular weight is 447 g/mol. The number of thioether (sulfide) groups is 1. The summed E-state index contributed by atoms with van der Waals surface area (Å²) in [5.41, 5.74) is 3.72. The number of unbranched alkanes of at least 4 members (excludes halogenated alkanes) is 1. The molecule has 2 aromatic carbocycles. The minimum Gasteiger partial charge on any atom is -0.493 e. The van der Waals surface area contributed by atoms with Gasteiger partial charge in [0.1, 0.15) is 5.75 Å². The van der Waals surface area contributed by atoms with Gasteiger partial charge >= 0.3 is 0 Å². The van der Waals surface area contributed by atoms with Crippen LogP contribution in [0, 0.1) is 0 Å². The number of rotatable bonds is 7. The topological polar surface area (TPSA) is 58.6 Å². The Kier molecular flexibility index (Phi) is 7.30. The quantitative estimate of drug-likeness (QED) is 0.365. The first kappa shape index (κ1) is 21.4. The molecule has 150 valence electrons. The van der Waals surface area contributed by atoms with E-state index in [1.165, 1.54) is 0 Å². The van der Waals surface area contributed by atoms with Gasteiger partial charge in [0.25, 0.3) is 11.8 Å². The molecule has 2 aromatic rings. The van der Waals surface area contributed by atoms with Gasteiger partial charge in [-0.1, -0.05) is 54.9 Å². The Morgan fingerprint density at radius 2 is 1.97 bits per heavy atom. The Morgan fingerprint density at radius 1 is 1.24 bits per heavy atom. The van der Waals surface area contributed by atoms with Crippen LogP contribution in [0.25, 0.3) is 6.08 Å². The number of carbonyl (C=O) groups excluding carboxylic acids is 2. The van der Waals surface area contributed by atoms with Crippen molar-refractivity contribution in [3.63, 3.8) is 0 Å². The van der Waals surface area contributed by atoms with Gasteiger partial charge in [0.2, 0.25) is 0 Å². The molecule has 1 fully saturated rings. The number of amides is 2. The van der Waals surface area contributed by atoms with Crippen molar-refractivity contribution in [1.82, 2.24) is 10.4 Å². The first-order valence-corrected chi connectivity index (χ1v) is 10.7. The maximum Gasteiger partial charge on any atom is 0.285 e. The van der Waals surface area contributed by atoms with E-state index in [0.29, 0.717) is 27.8 Å². The summed E-state index contributed by atoms with van der Waals surface area (Å²) in [4.78, 5) is 25.6. The van der Waals surface area contributed by atoms with Crippen LogP contribution >= 0.6 is 35.6 Å². The third kappa shape index (κ3) is 5.38. The molecule has 1 aliphatic heterocycles. The SMILES string of the molecule is CCCCOc1ccccc1/C=C1/SC(=S)N(NC(=O)c2ccc(Cl)cc2)C1=O. The maximum atomic E-state index is 12.8. The number of benzene rings is 2. The van der Waals surface area contributed by atoms with Crippen molar-refractivity contribution in [2.24, 2.45) is 0 Å². The van der Waals surface area contributed by atoms with Gasteiger partial charge < -0.3 is 4.74 Å². The van der Waals surface area contributed by atoms with Crippen molar-refractivity contribution in [3.05, 3.63) is 69.6 Å². The van der Waals surface area contributed by atoms with Gasteiger partial charge in [0.05, 0.1) is 11.5 Å². The Balaban J connectivity index is 1.75. The molecule has 0 spiro atoms. The number of hydrogen-bond acceptors (Lipinski definition) is 5. The fraction of sp³-hybridized carbons (Fsp3) is 0.190. The number of thiocarbonyl (C=S) groups is 1. The maximum absolute atomic E-state index is 12.8. The molecule has 29 heavy (non-hydrogen) atoms. The molecule has 2 amide bonds. The van der Waals surface area contributed by atoms with Crippen LogP contribution in [0.3, 0.4) is 0 Å². The lowest BCUT2D eigenvalue weighted by atomic mass is 10.2. The van der Waals surface area contributed by atoms with Gasteiger partial charge in [-0.05, 0) is 55.0 Å². The second-order valence-corrected chi connectivity index (χ2v) is 8.32. The van der Waals surface area contributed by atoms with Crippen LogP contribution in [-0.2, 0) is 4.79 Å². The number of para-hydroxylation sites is 1. The Morgan fingerprint density at radius 3 is 2.69 bits per heavy atom. The summed E-state index contributed by atoms with van der Waals surface area (Å²) in [5, 5.41) is 1.61. The molecule has 0 unspecified atom stereocenters. The molecule has 0 radical (unpaired) electrons. The summed E-state index contributed by atoms with van der Waals surface area (Å²) in [6.45, 7) is 2.71. The predicted octanol–water partition coefficient (Wildman–Crippen LogP) is 5.07. The zero-order valence-electron chi connectivity index (χ0n) is 15.7. The number of nitrogens with one attached hydrogen (secondary N) is 1. The van der Waals surface area contributed by atoms with E-state index in [2.05, 4.69) is 12.3 Å². The molecule has 1 heterocycles. The molecule has 0 atom stereocenters. The van der Waals surface area contributed by atoms with E-state index >= 15 is 0 Å². The third-order valence-corrected chi connectivity index (χ3v) is 5.63. The lowest BCUT2D eigenvalue weighted by Crippen LogP contribution is -2.44. The van der Waals surface area contributed by atoms with Crippen molar-refractivity contribution in [2.45, 2.75) is 19.8 Å². The summed E-state index contributed by atoms with van der Waals surface area (Å²) in [7, 11) is 0. The van der Waals surface area contributed by atoms with E-state index in [1.807, 2.05) is 24.3 Å². The lowest BCUT2D eigenvalue weighted by Gasteiger charge is -2.15. The highest BCUT2D eigenvalue weighted by atomic mass is 35.5. The molecule has 1 N–H and O–H groups in total. The molecule has 3 rings (SSSR count). The van der Waals surface area contributed by atoms with Crippen LogP contribution in [-0.4, -0.2) is 27.8 Å². The van der Waals surface area contributed by atoms with Gasteiger partial charge in [-0.25, -0.2) is 0 Å². The number of nitrogens with zero attached hydrogens (tertiary/aromatic N) is 1. The first-order valence-electron chi connectivity index (χ1n) is 9.06. The molecule has 5 nitrogen and oxygen atoms in total. The zero-order valence-corrected chi connectivity index (χ0v) is 18.1. The monoisotopic (exact) mass is 446 g/mol. The molecular weight excluding hydrogens is 428 g/mol. The fourth-order valence-corrected chi connectivity index (χ4v) is 3.83. The largest absolute Gasteiger partial charge is 0.493 e. The van der Waals surface area contributed by atoms with Crippen LogP contribution in [0.15, 0.2) is 53.4 Å². The average Bonchev–Trinajstić information content (AvgIpc) is 2.97.